The van der Waals surface area contributed by atoms with Gasteiger partial charge in [-0.1, -0.05) is 36.4 Å². The van der Waals surface area contributed by atoms with E-state index in [1.54, 1.807) is 13.0 Å². The molecule has 8 heteroatoms. The van der Waals surface area contributed by atoms with Crippen LogP contribution in [-0.4, -0.2) is 20.9 Å². The van der Waals surface area contributed by atoms with Crippen LogP contribution in [0.2, 0.25) is 0 Å². The Morgan fingerprint density at radius 2 is 1.70 bits per heavy atom. The molecule has 30 heavy (non-hydrogen) atoms. The van der Waals surface area contributed by atoms with Gasteiger partial charge in [0.05, 0.1) is 4.90 Å². The van der Waals surface area contributed by atoms with Gasteiger partial charge in [0.1, 0.15) is 11.6 Å². The van der Waals surface area contributed by atoms with Gasteiger partial charge in [0.15, 0.2) is 6.61 Å². The number of benzene rings is 3. The van der Waals surface area contributed by atoms with E-state index >= 15 is 0 Å². The quantitative estimate of drug-likeness (QED) is 0.574. The third-order valence-electron chi connectivity index (χ3n) is 4.29. The molecule has 0 saturated heterocycles. The van der Waals surface area contributed by atoms with Crippen molar-refractivity contribution in [3.05, 3.63) is 89.7 Å². The lowest BCUT2D eigenvalue weighted by atomic mass is 10.2. The van der Waals surface area contributed by atoms with Gasteiger partial charge in [-0.15, -0.1) is 0 Å². The van der Waals surface area contributed by atoms with E-state index in [-0.39, 0.29) is 18.0 Å². The predicted molar refractivity (Wildman–Crippen MR) is 112 cm³/mol. The lowest BCUT2D eigenvalue weighted by Crippen LogP contribution is -2.23. The van der Waals surface area contributed by atoms with Gasteiger partial charge in [0.25, 0.3) is 5.91 Å². The zero-order valence-corrected chi connectivity index (χ0v) is 17.1. The minimum atomic E-state index is -3.68. The Kier molecular flexibility index (Phi) is 6.81. The van der Waals surface area contributed by atoms with Crippen molar-refractivity contribution in [2.45, 2.75) is 18.4 Å². The number of aryl methyl sites for hydroxylation is 1. The van der Waals surface area contributed by atoms with Crippen LogP contribution in [0.4, 0.5) is 10.1 Å². The fraction of sp³-hybridized carbons (Fsp3) is 0.136. The number of carbonyl (C=O) groups excluding carboxylic acids is 1. The molecule has 0 aromatic heterocycles. The van der Waals surface area contributed by atoms with E-state index in [0.29, 0.717) is 11.4 Å². The van der Waals surface area contributed by atoms with Gasteiger partial charge in [-0.3, -0.25) is 4.79 Å². The second-order valence-electron chi connectivity index (χ2n) is 6.58. The third kappa shape index (κ3) is 5.88. The fourth-order valence-corrected chi connectivity index (χ4v) is 3.65. The number of nitrogens with one attached hydrogen (secondary N) is 2. The molecule has 156 valence electrons. The summed E-state index contributed by atoms with van der Waals surface area (Å²) in [5.74, 6) is -0.567. The Balaban J connectivity index is 1.55. The molecule has 0 bridgehead atoms. The van der Waals surface area contributed by atoms with Crippen LogP contribution in [0, 0.1) is 12.7 Å². The van der Waals surface area contributed by atoms with Crippen molar-refractivity contribution in [3.63, 3.8) is 0 Å². The van der Waals surface area contributed by atoms with E-state index in [0.717, 1.165) is 11.1 Å². The van der Waals surface area contributed by atoms with Crippen LogP contribution in [-0.2, 0) is 21.4 Å². The summed E-state index contributed by atoms with van der Waals surface area (Å²) < 4.78 is 46.0. The van der Waals surface area contributed by atoms with Crippen molar-refractivity contribution in [1.29, 1.82) is 0 Å². The number of ether oxygens (including phenoxy) is 1. The number of amides is 1. The lowest BCUT2D eigenvalue weighted by molar-refractivity contribution is -0.118. The molecule has 3 rings (SSSR count). The minimum absolute atomic E-state index is 0.0885. The molecule has 0 heterocycles. The second-order valence-corrected chi connectivity index (χ2v) is 8.34. The van der Waals surface area contributed by atoms with Crippen molar-refractivity contribution in [2.75, 3.05) is 11.9 Å². The van der Waals surface area contributed by atoms with E-state index in [2.05, 4.69) is 10.0 Å². The molecular weight excluding hydrogens is 407 g/mol. The molecule has 3 aromatic rings. The molecular formula is C22H21FN2O4S. The van der Waals surface area contributed by atoms with Crippen molar-refractivity contribution in [1.82, 2.24) is 4.72 Å². The zero-order chi connectivity index (χ0) is 21.6. The molecule has 0 atom stereocenters. The van der Waals surface area contributed by atoms with Gasteiger partial charge in [-0.25, -0.2) is 17.5 Å². The Hall–Kier alpha value is -3.23. The highest BCUT2D eigenvalue weighted by Crippen LogP contribution is 2.18. The van der Waals surface area contributed by atoms with Crippen LogP contribution in [0.5, 0.6) is 5.75 Å². The monoisotopic (exact) mass is 428 g/mol. The number of sulfonamides is 1. The molecule has 2 N–H and O–H groups in total. The number of carbonyl (C=O) groups is 1. The van der Waals surface area contributed by atoms with Crippen molar-refractivity contribution < 1.29 is 22.3 Å². The van der Waals surface area contributed by atoms with Crippen molar-refractivity contribution >= 4 is 21.6 Å². The van der Waals surface area contributed by atoms with Gasteiger partial charge in [-0.05, 0) is 54.4 Å². The van der Waals surface area contributed by atoms with Crippen LogP contribution in [0.25, 0.3) is 0 Å². The smallest absolute Gasteiger partial charge is 0.262 e. The first-order valence-electron chi connectivity index (χ1n) is 9.16. The highest BCUT2D eigenvalue weighted by Gasteiger charge is 2.14. The van der Waals surface area contributed by atoms with Crippen LogP contribution in [0.3, 0.4) is 0 Å². The normalized spacial score (nSPS) is 11.1. The van der Waals surface area contributed by atoms with Gasteiger partial charge in [-0.2, -0.15) is 0 Å². The topological polar surface area (TPSA) is 84.5 Å². The van der Waals surface area contributed by atoms with Crippen LogP contribution >= 0.6 is 0 Å². The summed E-state index contributed by atoms with van der Waals surface area (Å²) in [5.41, 5.74) is 1.94. The summed E-state index contributed by atoms with van der Waals surface area (Å²) in [6.07, 6.45) is 0. The van der Waals surface area contributed by atoms with Crippen LogP contribution < -0.4 is 14.8 Å². The number of hydrogen-bond acceptors (Lipinski definition) is 4. The first kappa shape index (κ1) is 21.5. The SMILES string of the molecule is Cc1ccc(F)cc1NC(=O)COc1ccc(S(=O)(=O)NCc2ccccc2)cc1. The van der Waals surface area contributed by atoms with Crippen LogP contribution in [0.15, 0.2) is 77.7 Å². The minimum Gasteiger partial charge on any atom is -0.484 e. The Bertz CT molecular complexity index is 1120. The second kappa shape index (κ2) is 9.51. The molecule has 0 aliphatic heterocycles. The number of rotatable bonds is 8. The molecule has 0 spiro atoms. The predicted octanol–water partition coefficient (Wildman–Crippen LogP) is 3.63. The van der Waals surface area contributed by atoms with Crippen molar-refractivity contribution in [3.8, 4) is 5.75 Å². The van der Waals surface area contributed by atoms with E-state index in [1.165, 1.54) is 36.4 Å². The summed E-state index contributed by atoms with van der Waals surface area (Å²) >= 11 is 0. The van der Waals surface area contributed by atoms with Gasteiger partial charge in [0, 0.05) is 12.2 Å². The van der Waals surface area contributed by atoms with Crippen LogP contribution in [0.1, 0.15) is 11.1 Å². The Morgan fingerprint density at radius 3 is 2.40 bits per heavy atom. The molecule has 0 saturated carbocycles. The zero-order valence-electron chi connectivity index (χ0n) is 16.3. The lowest BCUT2D eigenvalue weighted by Gasteiger charge is -2.11. The van der Waals surface area contributed by atoms with Gasteiger partial charge >= 0.3 is 0 Å². The summed E-state index contributed by atoms with van der Waals surface area (Å²) in [6.45, 7) is 1.64. The first-order chi connectivity index (χ1) is 14.3. The van der Waals surface area contributed by atoms with E-state index < -0.39 is 21.7 Å². The summed E-state index contributed by atoms with van der Waals surface area (Å²) in [7, 11) is -3.68. The maximum Gasteiger partial charge on any atom is 0.262 e. The molecule has 0 aliphatic carbocycles. The fourth-order valence-electron chi connectivity index (χ4n) is 2.64. The molecule has 6 nitrogen and oxygen atoms in total. The van der Waals surface area contributed by atoms with E-state index in [9.17, 15) is 17.6 Å². The number of halogens is 1. The highest BCUT2D eigenvalue weighted by atomic mass is 32.2. The van der Waals surface area contributed by atoms with Gasteiger partial charge < -0.3 is 10.1 Å². The van der Waals surface area contributed by atoms with E-state index in [1.807, 2.05) is 30.3 Å². The molecule has 0 aliphatic rings. The molecule has 0 radical (unpaired) electrons. The molecule has 0 fully saturated rings. The average Bonchev–Trinajstić information content (AvgIpc) is 2.74. The van der Waals surface area contributed by atoms with Gasteiger partial charge in [0.2, 0.25) is 10.0 Å². The number of hydrogen-bond donors (Lipinski definition) is 2. The molecule has 0 unspecified atom stereocenters. The molecule has 1 amide bonds. The Labute approximate surface area is 174 Å². The highest BCUT2D eigenvalue weighted by molar-refractivity contribution is 7.89. The maximum absolute atomic E-state index is 13.3. The largest absolute Gasteiger partial charge is 0.484 e. The summed E-state index contributed by atoms with van der Waals surface area (Å²) in [5, 5.41) is 2.58. The maximum atomic E-state index is 13.3. The molecule has 3 aromatic carbocycles. The standard InChI is InChI=1S/C22H21FN2O4S/c1-16-7-8-18(23)13-21(16)25-22(26)15-29-19-9-11-20(12-10-19)30(27,28)24-14-17-5-3-2-4-6-17/h2-13,24H,14-15H2,1H3,(H,25,26). The number of anilines is 1. The summed E-state index contributed by atoms with van der Waals surface area (Å²) in [4.78, 5) is 12.1. The van der Waals surface area contributed by atoms with E-state index in [4.69, 9.17) is 4.74 Å². The Morgan fingerprint density at radius 1 is 1.00 bits per heavy atom. The average molecular weight is 428 g/mol. The van der Waals surface area contributed by atoms with Crippen molar-refractivity contribution in [2.24, 2.45) is 0 Å². The third-order valence-corrected chi connectivity index (χ3v) is 5.70. The first-order valence-corrected chi connectivity index (χ1v) is 10.6. The summed E-state index contributed by atoms with van der Waals surface area (Å²) in [6, 6.07) is 19.0.